The molecule has 30 heavy (non-hydrogen) atoms. The number of carbonyl (C=O) groups is 1. The van der Waals surface area contributed by atoms with Gasteiger partial charge in [-0.2, -0.15) is 5.10 Å². The standard InChI is InChI=1S/C22H26N4O2S2/c1-3-28-18-8-6-17(7-9-18)21-24-25-22(29)26(21)14-12-20(27)23-13-15-30-19-10-4-16(2)5-11-19/h4-11H,3,12-15H2,1-2H3,(H,23,27)(H,25,29). The average molecular weight is 443 g/mol. The van der Waals surface area contributed by atoms with Crippen LogP contribution in [0.2, 0.25) is 0 Å². The summed E-state index contributed by atoms with van der Waals surface area (Å²) >= 11 is 7.08. The van der Waals surface area contributed by atoms with Gasteiger partial charge in [0.15, 0.2) is 10.6 Å². The average Bonchev–Trinajstić information content (AvgIpc) is 3.12. The number of nitrogens with one attached hydrogen (secondary N) is 2. The van der Waals surface area contributed by atoms with Crippen LogP contribution in [0.4, 0.5) is 0 Å². The summed E-state index contributed by atoms with van der Waals surface area (Å²) < 4.78 is 7.84. The molecule has 0 spiro atoms. The van der Waals surface area contributed by atoms with Crippen molar-refractivity contribution in [2.24, 2.45) is 0 Å². The summed E-state index contributed by atoms with van der Waals surface area (Å²) in [6, 6.07) is 16.1. The zero-order valence-corrected chi connectivity index (χ0v) is 18.8. The van der Waals surface area contributed by atoms with Gasteiger partial charge in [-0.25, -0.2) is 0 Å². The van der Waals surface area contributed by atoms with Gasteiger partial charge >= 0.3 is 0 Å². The molecule has 2 aromatic carbocycles. The number of benzene rings is 2. The molecule has 1 heterocycles. The second kappa shape index (κ2) is 11.0. The second-order valence-corrected chi connectivity index (χ2v) is 8.28. The number of carbonyl (C=O) groups excluding carboxylic acids is 1. The number of hydrogen-bond donors (Lipinski definition) is 2. The molecule has 0 saturated carbocycles. The number of ether oxygens (including phenoxy) is 1. The van der Waals surface area contributed by atoms with Crippen molar-refractivity contribution in [1.29, 1.82) is 0 Å². The Morgan fingerprint density at radius 3 is 2.63 bits per heavy atom. The Morgan fingerprint density at radius 1 is 1.20 bits per heavy atom. The number of aromatic nitrogens is 3. The van der Waals surface area contributed by atoms with Crippen molar-refractivity contribution in [1.82, 2.24) is 20.1 Å². The Bertz CT molecular complexity index is 1010. The normalized spacial score (nSPS) is 10.7. The monoisotopic (exact) mass is 442 g/mol. The van der Waals surface area contributed by atoms with Crippen LogP contribution in [0.1, 0.15) is 18.9 Å². The summed E-state index contributed by atoms with van der Waals surface area (Å²) in [7, 11) is 0. The SMILES string of the molecule is CCOc1ccc(-c2n[nH]c(=S)n2CCC(=O)NCCSc2ccc(C)cc2)cc1. The van der Waals surface area contributed by atoms with Crippen LogP contribution in [0.3, 0.4) is 0 Å². The molecule has 1 amide bonds. The fourth-order valence-electron chi connectivity index (χ4n) is 2.91. The molecule has 1 aromatic heterocycles. The van der Waals surface area contributed by atoms with Crippen LogP contribution in [0, 0.1) is 11.7 Å². The van der Waals surface area contributed by atoms with Crippen molar-refractivity contribution in [2.75, 3.05) is 18.9 Å². The highest BCUT2D eigenvalue weighted by molar-refractivity contribution is 7.99. The summed E-state index contributed by atoms with van der Waals surface area (Å²) in [4.78, 5) is 13.5. The summed E-state index contributed by atoms with van der Waals surface area (Å²) in [5.74, 6) is 2.35. The van der Waals surface area contributed by atoms with Gasteiger partial charge in [0.2, 0.25) is 5.91 Å². The Kier molecular flexibility index (Phi) is 8.10. The van der Waals surface area contributed by atoms with Gasteiger partial charge in [0.1, 0.15) is 5.75 Å². The van der Waals surface area contributed by atoms with E-state index in [1.165, 1.54) is 10.5 Å². The molecule has 3 aromatic rings. The maximum absolute atomic E-state index is 12.3. The lowest BCUT2D eigenvalue weighted by atomic mass is 10.2. The third-order valence-electron chi connectivity index (χ3n) is 4.46. The minimum Gasteiger partial charge on any atom is -0.494 e. The zero-order valence-electron chi connectivity index (χ0n) is 17.2. The largest absolute Gasteiger partial charge is 0.494 e. The van der Waals surface area contributed by atoms with Crippen LogP contribution in [-0.4, -0.2) is 39.6 Å². The predicted molar refractivity (Wildman–Crippen MR) is 124 cm³/mol. The van der Waals surface area contributed by atoms with Gasteiger partial charge in [0.05, 0.1) is 6.61 Å². The fraction of sp³-hybridized carbons (Fsp3) is 0.318. The number of aromatic amines is 1. The van der Waals surface area contributed by atoms with Crippen LogP contribution in [-0.2, 0) is 11.3 Å². The third-order valence-corrected chi connectivity index (χ3v) is 5.78. The Balaban J connectivity index is 1.49. The van der Waals surface area contributed by atoms with Crippen LogP contribution < -0.4 is 10.1 Å². The highest BCUT2D eigenvalue weighted by Gasteiger charge is 2.11. The summed E-state index contributed by atoms with van der Waals surface area (Å²) in [6.45, 7) is 5.74. The highest BCUT2D eigenvalue weighted by atomic mass is 32.2. The van der Waals surface area contributed by atoms with Crippen molar-refractivity contribution in [3.63, 3.8) is 0 Å². The van der Waals surface area contributed by atoms with Gasteiger partial charge in [0, 0.05) is 35.7 Å². The van der Waals surface area contributed by atoms with Gasteiger partial charge in [-0.15, -0.1) is 11.8 Å². The van der Waals surface area contributed by atoms with Gasteiger partial charge < -0.3 is 10.1 Å². The van der Waals surface area contributed by atoms with Crippen LogP contribution >= 0.6 is 24.0 Å². The van der Waals surface area contributed by atoms with E-state index in [1.807, 2.05) is 35.8 Å². The molecule has 3 rings (SSSR count). The van der Waals surface area contributed by atoms with E-state index in [-0.39, 0.29) is 5.91 Å². The number of hydrogen-bond acceptors (Lipinski definition) is 5. The minimum absolute atomic E-state index is 0.000231. The molecule has 158 valence electrons. The smallest absolute Gasteiger partial charge is 0.221 e. The molecular formula is C22H26N4O2S2. The molecule has 0 saturated heterocycles. The number of nitrogens with zero attached hydrogens (tertiary/aromatic N) is 2. The lowest BCUT2D eigenvalue weighted by Crippen LogP contribution is -2.26. The molecule has 0 bridgehead atoms. The van der Waals surface area contributed by atoms with Crippen molar-refractivity contribution < 1.29 is 9.53 Å². The van der Waals surface area contributed by atoms with Crippen molar-refractivity contribution in [2.45, 2.75) is 31.7 Å². The maximum Gasteiger partial charge on any atom is 0.221 e. The van der Waals surface area contributed by atoms with Crippen LogP contribution in [0.25, 0.3) is 11.4 Å². The van der Waals surface area contributed by atoms with E-state index in [0.29, 0.717) is 36.7 Å². The Labute approximate surface area is 186 Å². The van der Waals surface area contributed by atoms with Gasteiger partial charge in [0.25, 0.3) is 0 Å². The number of thioether (sulfide) groups is 1. The van der Waals surface area contributed by atoms with E-state index in [1.54, 1.807) is 11.8 Å². The fourth-order valence-corrected chi connectivity index (χ4v) is 3.90. The predicted octanol–water partition coefficient (Wildman–Crippen LogP) is 4.61. The summed E-state index contributed by atoms with van der Waals surface area (Å²) in [5.41, 5.74) is 2.16. The van der Waals surface area contributed by atoms with Crippen molar-refractivity contribution >= 4 is 29.9 Å². The number of aryl methyl sites for hydroxylation is 1. The number of rotatable bonds is 10. The van der Waals surface area contributed by atoms with Crippen molar-refractivity contribution in [3.8, 4) is 17.1 Å². The topological polar surface area (TPSA) is 71.9 Å². The molecule has 0 radical (unpaired) electrons. The molecule has 2 N–H and O–H groups in total. The van der Waals surface area contributed by atoms with Crippen LogP contribution in [0.5, 0.6) is 5.75 Å². The molecule has 6 nitrogen and oxygen atoms in total. The first kappa shape index (κ1) is 22.1. The van der Waals surface area contributed by atoms with E-state index >= 15 is 0 Å². The molecule has 0 aliphatic heterocycles. The van der Waals surface area contributed by atoms with E-state index in [4.69, 9.17) is 17.0 Å². The number of amides is 1. The number of H-pyrrole nitrogens is 1. The van der Waals surface area contributed by atoms with E-state index in [9.17, 15) is 4.79 Å². The summed E-state index contributed by atoms with van der Waals surface area (Å²) in [6.07, 6.45) is 0.340. The Morgan fingerprint density at radius 2 is 1.93 bits per heavy atom. The molecule has 0 atom stereocenters. The zero-order chi connectivity index (χ0) is 21.3. The van der Waals surface area contributed by atoms with Crippen LogP contribution in [0.15, 0.2) is 53.4 Å². The molecule has 0 aliphatic rings. The van der Waals surface area contributed by atoms with Gasteiger partial charge in [-0.05, 0) is 62.5 Å². The first-order chi connectivity index (χ1) is 14.6. The minimum atomic E-state index is 0.000231. The summed E-state index contributed by atoms with van der Waals surface area (Å²) in [5, 5.41) is 10.1. The van der Waals surface area contributed by atoms with E-state index in [2.05, 4.69) is 46.7 Å². The van der Waals surface area contributed by atoms with Crippen molar-refractivity contribution in [3.05, 3.63) is 58.9 Å². The van der Waals surface area contributed by atoms with Gasteiger partial charge in [-0.3, -0.25) is 14.5 Å². The quantitative estimate of drug-likeness (QED) is 0.272. The molecule has 8 heteroatoms. The molecular weight excluding hydrogens is 416 g/mol. The first-order valence-electron chi connectivity index (χ1n) is 9.91. The third kappa shape index (κ3) is 6.21. The van der Waals surface area contributed by atoms with E-state index < -0.39 is 0 Å². The van der Waals surface area contributed by atoms with Gasteiger partial charge in [-0.1, -0.05) is 17.7 Å². The Hall–Kier alpha value is -2.58. The second-order valence-electron chi connectivity index (χ2n) is 6.72. The highest BCUT2D eigenvalue weighted by Crippen LogP contribution is 2.21. The lowest BCUT2D eigenvalue weighted by molar-refractivity contribution is -0.121. The maximum atomic E-state index is 12.3. The molecule has 0 aliphatic carbocycles. The van der Waals surface area contributed by atoms with E-state index in [0.717, 1.165) is 17.1 Å². The first-order valence-corrected chi connectivity index (χ1v) is 11.3. The molecule has 0 fully saturated rings. The lowest BCUT2D eigenvalue weighted by Gasteiger charge is -2.09. The molecule has 0 unspecified atom stereocenters.